The quantitative estimate of drug-likeness (QED) is 0.192. The molecule has 50 heavy (non-hydrogen) atoms. The molecule has 0 unspecified atom stereocenters. The second-order valence-electron chi connectivity index (χ2n) is 14.1. The smallest absolute Gasteiger partial charge is 0.160 e. The molecule has 0 aliphatic heterocycles. The first-order valence-corrected chi connectivity index (χ1v) is 17.4. The summed E-state index contributed by atoms with van der Waals surface area (Å²) >= 11 is 0. The minimum atomic E-state index is -0.457. The third-order valence-corrected chi connectivity index (χ3v) is 11.2. The highest BCUT2D eigenvalue weighted by atomic mass is 14.9. The van der Waals surface area contributed by atoms with Crippen LogP contribution in [0.5, 0.6) is 0 Å². The number of hydrogen-bond donors (Lipinski definition) is 0. The molecule has 1 heterocycles. The summed E-state index contributed by atoms with van der Waals surface area (Å²) in [5, 5.41) is 2.38. The molecule has 0 radical (unpaired) electrons. The Morgan fingerprint density at radius 3 is 1.68 bits per heavy atom. The topological polar surface area (TPSA) is 25.8 Å². The van der Waals surface area contributed by atoms with Gasteiger partial charge in [-0.1, -0.05) is 172 Å². The van der Waals surface area contributed by atoms with Crippen molar-refractivity contribution in [2.24, 2.45) is 0 Å². The van der Waals surface area contributed by atoms with Gasteiger partial charge in [-0.15, -0.1) is 0 Å². The highest BCUT2D eigenvalue weighted by Gasteiger charge is 2.53. The van der Waals surface area contributed by atoms with Gasteiger partial charge < -0.3 is 0 Å². The van der Waals surface area contributed by atoms with Gasteiger partial charge in [0.25, 0.3) is 0 Å². The zero-order valence-electron chi connectivity index (χ0n) is 28.1. The van der Waals surface area contributed by atoms with E-state index in [2.05, 4.69) is 184 Å². The van der Waals surface area contributed by atoms with E-state index in [1.54, 1.807) is 0 Å². The number of hydrogen-bond acceptors (Lipinski definition) is 2. The lowest BCUT2D eigenvalue weighted by Crippen LogP contribution is -2.40. The summed E-state index contributed by atoms with van der Waals surface area (Å²) < 4.78 is 0. The molecule has 2 nitrogen and oxygen atoms in total. The highest BCUT2D eigenvalue weighted by molar-refractivity contribution is 5.96. The van der Waals surface area contributed by atoms with Crippen molar-refractivity contribution in [3.05, 3.63) is 203 Å². The summed E-state index contributed by atoms with van der Waals surface area (Å²) in [7, 11) is 0. The summed E-state index contributed by atoms with van der Waals surface area (Å²) in [6.07, 6.45) is 0. The van der Waals surface area contributed by atoms with Crippen LogP contribution in [0.2, 0.25) is 0 Å². The van der Waals surface area contributed by atoms with Crippen molar-refractivity contribution in [1.82, 2.24) is 9.97 Å². The highest BCUT2D eigenvalue weighted by Crippen LogP contribution is 2.63. The van der Waals surface area contributed by atoms with Crippen molar-refractivity contribution < 1.29 is 0 Å². The third kappa shape index (κ3) is 3.96. The van der Waals surface area contributed by atoms with Crippen LogP contribution in [0.25, 0.3) is 55.8 Å². The minimum absolute atomic E-state index is 0.139. The van der Waals surface area contributed by atoms with Gasteiger partial charge in [-0.05, 0) is 67.4 Å². The maximum absolute atomic E-state index is 5.39. The molecule has 1 aromatic heterocycles. The van der Waals surface area contributed by atoms with Crippen LogP contribution in [0.3, 0.4) is 0 Å². The lowest BCUT2D eigenvalue weighted by Gasteiger charge is -2.46. The Morgan fingerprint density at radius 2 is 0.940 bits per heavy atom. The molecule has 1 spiro atoms. The summed E-state index contributed by atoms with van der Waals surface area (Å²) in [4.78, 5) is 10.6. The number of benzene rings is 7. The predicted molar refractivity (Wildman–Crippen MR) is 205 cm³/mol. The van der Waals surface area contributed by atoms with E-state index in [4.69, 9.17) is 9.97 Å². The van der Waals surface area contributed by atoms with Crippen molar-refractivity contribution in [2.45, 2.75) is 24.7 Å². The normalized spacial score (nSPS) is 14.5. The Kier molecular flexibility index (Phi) is 6.17. The maximum atomic E-state index is 5.39. The zero-order valence-corrected chi connectivity index (χ0v) is 28.1. The zero-order chi connectivity index (χ0) is 33.5. The van der Waals surface area contributed by atoms with Crippen LogP contribution < -0.4 is 0 Å². The SMILES string of the molecule is CC1(C)c2ccccc2C2(c3ccccc3-c3c(-c4cc(-c5ccccc5)nc(-c5ccc6ccccc6c5)n4)cccc32)c2ccccc21. The van der Waals surface area contributed by atoms with Gasteiger partial charge in [-0.25, -0.2) is 9.97 Å². The van der Waals surface area contributed by atoms with Gasteiger partial charge in [0.15, 0.2) is 5.82 Å². The molecular weight excluding hydrogens is 605 g/mol. The van der Waals surface area contributed by atoms with Crippen molar-refractivity contribution in [2.75, 3.05) is 0 Å². The van der Waals surface area contributed by atoms with Gasteiger partial charge in [0.2, 0.25) is 0 Å². The Bertz CT molecular complexity index is 2580. The summed E-state index contributed by atoms with van der Waals surface area (Å²) in [5.41, 5.74) is 15.0. The Morgan fingerprint density at radius 1 is 0.380 bits per heavy atom. The Hall–Kier alpha value is -6.12. The van der Waals surface area contributed by atoms with E-state index in [9.17, 15) is 0 Å². The molecule has 0 bridgehead atoms. The fraction of sp³-hybridized carbons (Fsp3) is 0.0833. The second-order valence-corrected chi connectivity index (χ2v) is 14.1. The molecule has 236 valence electrons. The molecule has 7 aromatic carbocycles. The molecule has 8 aromatic rings. The Labute approximate surface area is 292 Å². The molecular formula is C48H34N2. The molecule has 10 rings (SSSR count). The maximum Gasteiger partial charge on any atom is 0.160 e. The van der Waals surface area contributed by atoms with Crippen LogP contribution in [0.4, 0.5) is 0 Å². The van der Waals surface area contributed by atoms with Crippen LogP contribution in [0.15, 0.2) is 170 Å². The summed E-state index contributed by atoms with van der Waals surface area (Å²) in [5.74, 6) is 0.723. The van der Waals surface area contributed by atoms with Crippen LogP contribution >= 0.6 is 0 Å². The molecule has 0 saturated heterocycles. The van der Waals surface area contributed by atoms with Crippen LogP contribution in [0.1, 0.15) is 47.2 Å². The summed E-state index contributed by atoms with van der Waals surface area (Å²) in [6.45, 7) is 4.74. The fourth-order valence-corrected chi connectivity index (χ4v) is 8.92. The minimum Gasteiger partial charge on any atom is -0.228 e. The molecule has 0 amide bonds. The number of fused-ring (bicyclic) bond motifs is 10. The van der Waals surface area contributed by atoms with Crippen LogP contribution in [-0.2, 0) is 10.8 Å². The molecule has 0 fully saturated rings. The standard InChI is InChI=1S/C48H34N2/c1-47(2)38-22-10-12-24-40(38)48(41-25-13-11-23-39(41)47)37-21-9-8-19-35(37)45-36(20-14-26-42(45)48)44-30-43(32-16-4-3-5-17-32)49-46(50-44)34-28-27-31-15-6-7-18-33(31)29-34/h3-30H,1-2H3. The van der Waals surface area contributed by atoms with Crippen molar-refractivity contribution in [1.29, 1.82) is 0 Å². The van der Waals surface area contributed by atoms with Gasteiger partial charge in [-0.3, -0.25) is 0 Å². The van der Waals surface area contributed by atoms with Gasteiger partial charge in [0.05, 0.1) is 16.8 Å². The van der Waals surface area contributed by atoms with Gasteiger partial charge in [0, 0.05) is 22.1 Å². The van der Waals surface area contributed by atoms with E-state index in [0.29, 0.717) is 0 Å². The van der Waals surface area contributed by atoms with Crippen molar-refractivity contribution >= 4 is 10.8 Å². The Balaban J connectivity index is 1.28. The van der Waals surface area contributed by atoms with E-state index in [-0.39, 0.29) is 5.41 Å². The van der Waals surface area contributed by atoms with E-state index in [1.165, 1.54) is 55.3 Å². The van der Waals surface area contributed by atoms with E-state index in [1.807, 2.05) is 0 Å². The lowest BCUT2D eigenvalue weighted by molar-refractivity contribution is 0.563. The average molecular weight is 639 g/mol. The second kappa shape index (κ2) is 10.7. The first-order valence-electron chi connectivity index (χ1n) is 17.4. The number of rotatable bonds is 3. The van der Waals surface area contributed by atoms with Crippen molar-refractivity contribution in [3.63, 3.8) is 0 Å². The van der Waals surface area contributed by atoms with Gasteiger partial charge in [0.1, 0.15) is 0 Å². The third-order valence-electron chi connectivity index (χ3n) is 11.2. The largest absolute Gasteiger partial charge is 0.228 e. The van der Waals surface area contributed by atoms with E-state index in [0.717, 1.165) is 33.9 Å². The molecule has 2 aliphatic carbocycles. The first kappa shape index (κ1) is 28.9. The fourth-order valence-electron chi connectivity index (χ4n) is 8.92. The molecule has 2 heteroatoms. The first-order chi connectivity index (χ1) is 24.5. The average Bonchev–Trinajstić information content (AvgIpc) is 3.48. The molecule has 2 aliphatic rings. The van der Waals surface area contributed by atoms with Gasteiger partial charge >= 0.3 is 0 Å². The van der Waals surface area contributed by atoms with Gasteiger partial charge in [-0.2, -0.15) is 0 Å². The number of aromatic nitrogens is 2. The predicted octanol–water partition coefficient (Wildman–Crippen LogP) is 11.6. The summed E-state index contributed by atoms with van der Waals surface area (Å²) in [6, 6.07) is 61.7. The van der Waals surface area contributed by atoms with Crippen LogP contribution in [0, 0.1) is 0 Å². The molecule has 0 saturated carbocycles. The van der Waals surface area contributed by atoms with E-state index >= 15 is 0 Å². The van der Waals surface area contributed by atoms with Crippen LogP contribution in [-0.4, -0.2) is 9.97 Å². The number of nitrogens with zero attached hydrogens (tertiary/aromatic N) is 2. The van der Waals surface area contributed by atoms with Crippen molar-refractivity contribution in [3.8, 4) is 45.0 Å². The molecule has 0 atom stereocenters. The van der Waals surface area contributed by atoms with E-state index < -0.39 is 5.41 Å². The monoisotopic (exact) mass is 638 g/mol. The molecule has 0 N–H and O–H groups in total. The lowest BCUT2D eigenvalue weighted by atomic mass is 9.55.